The molecular weight excluding hydrogens is 362 g/mol. The summed E-state index contributed by atoms with van der Waals surface area (Å²) < 4.78 is 29.2. The van der Waals surface area contributed by atoms with Gasteiger partial charge < -0.3 is 4.42 Å². The molecule has 0 spiro atoms. The number of anilines is 1. The average molecular weight is 377 g/mol. The van der Waals surface area contributed by atoms with Gasteiger partial charge in [0.25, 0.3) is 5.91 Å². The third kappa shape index (κ3) is 4.12. The Labute approximate surface area is 148 Å². The molecule has 25 heavy (non-hydrogen) atoms. The van der Waals surface area contributed by atoms with E-state index in [4.69, 9.17) is 4.42 Å². The lowest BCUT2D eigenvalue weighted by Crippen LogP contribution is -2.13. The van der Waals surface area contributed by atoms with Crippen LogP contribution in [0.1, 0.15) is 28.0 Å². The Balaban J connectivity index is 1.72. The Morgan fingerprint density at radius 3 is 2.80 bits per heavy atom. The summed E-state index contributed by atoms with van der Waals surface area (Å²) >= 11 is 1.57. The Kier molecular flexibility index (Phi) is 4.95. The van der Waals surface area contributed by atoms with Gasteiger partial charge in [0.05, 0.1) is 17.1 Å². The van der Waals surface area contributed by atoms with E-state index in [2.05, 4.69) is 15.5 Å². The molecule has 7 nitrogen and oxygen atoms in total. The van der Waals surface area contributed by atoms with Crippen molar-refractivity contribution in [1.29, 1.82) is 0 Å². The van der Waals surface area contributed by atoms with Crippen molar-refractivity contribution in [3.8, 4) is 0 Å². The van der Waals surface area contributed by atoms with Crippen LogP contribution < -0.4 is 5.32 Å². The molecule has 1 amide bonds. The number of hydrogen-bond donors (Lipinski definition) is 1. The summed E-state index contributed by atoms with van der Waals surface area (Å²) in [6.45, 7) is 1.55. The monoisotopic (exact) mass is 377 g/mol. The molecule has 0 aliphatic carbocycles. The zero-order valence-electron chi connectivity index (χ0n) is 13.3. The number of sulfone groups is 1. The van der Waals surface area contributed by atoms with E-state index < -0.39 is 15.7 Å². The van der Waals surface area contributed by atoms with Gasteiger partial charge >= 0.3 is 6.01 Å². The number of amides is 1. The number of benzene rings is 1. The minimum Gasteiger partial charge on any atom is -0.407 e. The van der Waals surface area contributed by atoms with Crippen LogP contribution in [0, 0.1) is 0 Å². The highest BCUT2D eigenvalue weighted by Crippen LogP contribution is 2.17. The summed E-state index contributed by atoms with van der Waals surface area (Å²) in [7, 11) is -3.38. The number of carbonyl (C=O) groups is 1. The Morgan fingerprint density at radius 1 is 1.24 bits per heavy atom. The van der Waals surface area contributed by atoms with Gasteiger partial charge in [-0.1, -0.05) is 24.2 Å². The van der Waals surface area contributed by atoms with Crippen molar-refractivity contribution < 1.29 is 17.6 Å². The van der Waals surface area contributed by atoms with Gasteiger partial charge in [-0.25, -0.2) is 8.42 Å². The highest BCUT2D eigenvalue weighted by molar-refractivity contribution is 7.91. The molecular formula is C16H15N3O4S2. The molecule has 3 rings (SSSR count). The molecule has 0 unspecified atom stereocenters. The van der Waals surface area contributed by atoms with E-state index in [0.29, 0.717) is 12.3 Å². The van der Waals surface area contributed by atoms with E-state index in [0.717, 1.165) is 4.88 Å². The van der Waals surface area contributed by atoms with Crippen LogP contribution >= 0.6 is 11.3 Å². The van der Waals surface area contributed by atoms with Crippen molar-refractivity contribution in [1.82, 2.24) is 10.2 Å². The number of thiophene rings is 1. The van der Waals surface area contributed by atoms with E-state index in [1.165, 1.54) is 24.3 Å². The first-order valence-electron chi connectivity index (χ1n) is 7.47. The number of rotatable bonds is 6. The molecule has 2 heterocycles. The van der Waals surface area contributed by atoms with Crippen LogP contribution in [0.5, 0.6) is 0 Å². The van der Waals surface area contributed by atoms with E-state index in [1.807, 2.05) is 17.5 Å². The van der Waals surface area contributed by atoms with Gasteiger partial charge in [0.1, 0.15) is 0 Å². The summed E-state index contributed by atoms with van der Waals surface area (Å²) in [5, 5.41) is 12.1. The van der Waals surface area contributed by atoms with Crippen molar-refractivity contribution in [2.75, 3.05) is 11.1 Å². The number of hydrogen-bond acceptors (Lipinski definition) is 7. The Morgan fingerprint density at radius 2 is 2.08 bits per heavy atom. The van der Waals surface area contributed by atoms with Gasteiger partial charge in [0, 0.05) is 10.4 Å². The van der Waals surface area contributed by atoms with Crippen LogP contribution in [-0.2, 0) is 16.3 Å². The molecule has 0 fully saturated rings. The van der Waals surface area contributed by atoms with Gasteiger partial charge in [-0.05, 0) is 29.6 Å². The average Bonchev–Trinajstić information content (AvgIpc) is 3.27. The molecule has 0 aliphatic heterocycles. The minimum absolute atomic E-state index is 0.0275. The number of carbonyl (C=O) groups excluding carboxylic acids is 1. The molecule has 0 aliphatic rings. The van der Waals surface area contributed by atoms with Crippen LogP contribution in [0.2, 0.25) is 0 Å². The number of aromatic nitrogens is 2. The maximum atomic E-state index is 12.3. The third-order valence-corrected chi connectivity index (χ3v) is 6.04. The van der Waals surface area contributed by atoms with Gasteiger partial charge in [0.2, 0.25) is 5.89 Å². The normalized spacial score (nSPS) is 11.4. The summed E-state index contributed by atoms with van der Waals surface area (Å²) in [6, 6.07) is 9.68. The maximum Gasteiger partial charge on any atom is 0.322 e. The second-order valence-corrected chi connectivity index (χ2v) is 8.45. The van der Waals surface area contributed by atoms with E-state index in [9.17, 15) is 13.2 Å². The fourth-order valence-electron chi connectivity index (χ4n) is 2.10. The first kappa shape index (κ1) is 17.3. The quantitative estimate of drug-likeness (QED) is 0.709. The molecule has 0 saturated carbocycles. The lowest BCUT2D eigenvalue weighted by atomic mass is 10.2. The van der Waals surface area contributed by atoms with E-state index in [1.54, 1.807) is 18.3 Å². The molecule has 1 N–H and O–H groups in total. The Hall–Kier alpha value is -2.52. The molecule has 0 radical (unpaired) electrons. The van der Waals surface area contributed by atoms with Crippen LogP contribution in [0.3, 0.4) is 0 Å². The molecule has 130 valence electrons. The van der Waals surface area contributed by atoms with E-state index >= 15 is 0 Å². The molecule has 2 aromatic heterocycles. The number of nitrogens with zero attached hydrogens (tertiary/aromatic N) is 2. The predicted molar refractivity (Wildman–Crippen MR) is 93.5 cm³/mol. The highest BCUT2D eigenvalue weighted by atomic mass is 32.2. The molecule has 0 atom stereocenters. The van der Waals surface area contributed by atoms with Crippen molar-refractivity contribution in [3.05, 3.63) is 58.1 Å². The predicted octanol–water partition coefficient (Wildman–Crippen LogP) is 2.77. The number of nitrogens with one attached hydrogen (secondary N) is 1. The van der Waals surface area contributed by atoms with Gasteiger partial charge in [-0.3, -0.25) is 10.1 Å². The van der Waals surface area contributed by atoms with Crippen LogP contribution in [0.4, 0.5) is 6.01 Å². The summed E-state index contributed by atoms with van der Waals surface area (Å²) in [5.41, 5.74) is 0.201. The molecule has 0 bridgehead atoms. The second-order valence-electron chi connectivity index (χ2n) is 5.14. The minimum atomic E-state index is -3.38. The van der Waals surface area contributed by atoms with Crippen molar-refractivity contribution in [2.24, 2.45) is 0 Å². The van der Waals surface area contributed by atoms with Crippen LogP contribution in [-0.4, -0.2) is 30.3 Å². The zero-order valence-corrected chi connectivity index (χ0v) is 14.9. The lowest BCUT2D eigenvalue weighted by molar-refractivity contribution is 0.102. The first-order chi connectivity index (χ1) is 12.0. The van der Waals surface area contributed by atoms with E-state index in [-0.39, 0.29) is 22.2 Å². The standard InChI is InChI=1S/C16H15N3O4S2/c1-2-25(21,22)13-7-3-5-11(9-13)15(20)17-16-19-18-14(23-16)10-12-6-4-8-24-12/h3-9H,2,10H2,1H3,(H,17,19,20). The maximum absolute atomic E-state index is 12.3. The van der Waals surface area contributed by atoms with Crippen molar-refractivity contribution in [3.63, 3.8) is 0 Å². The SMILES string of the molecule is CCS(=O)(=O)c1cccc(C(=O)Nc2nnc(Cc3cccs3)o2)c1. The van der Waals surface area contributed by atoms with Crippen LogP contribution in [0.15, 0.2) is 51.1 Å². The smallest absolute Gasteiger partial charge is 0.322 e. The second kappa shape index (κ2) is 7.16. The molecule has 9 heteroatoms. The van der Waals surface area contributed by atoms with Crippen molar-refractivity contribution in [2.45, 2.75) is 18.2 Å². The summed E-state index contributed by atoms with van der Waals surface area (Å²) in [4.78, 5) is 13.4. The Bertz CT molecular complexity index is 978. The largest absolute Gasteiger partial charge is 0.407 e. The summed E-state index contributed by atoms with van der Waals surface area (Å²) in [5.74, 6) is -0.159. The molecule has 1 aromatic carbocycles. The molecule has 0 saturated heterocycles. The van der Waals surface area contributed by atoms with Crippen molar-refractivity contribution >= 4 is 33.1 Å². The van der Waals surface area contributed by atoms with Gasteiger partial charge in [-0.15, -0.1) is 16.4 Å². The zero-order chi connectivity index (χ0) is 17.9. The lowest BCUT2D eigenvalue weighted by Gasteiger charge is -2.04. The first-order valence-corrected chi connectivity index (χ1v) is 10.00. The van der Waals surface area contributed by atoms with Crippen LogP contribution in [0.25, 0.3) is 0 Å². The molecule has 3 aromatic rings. The van der Waals surface area contributed by atoms with Gasteiger partial charge in [-0.2, -0.15) is 0 Å². The topological polar surface area (TPSA) is 102 Å². The third-order valence-electron chi connectivity index (χ3n) is 3.43. The highest BCUT2D eigenvalue weighted by Gasteiger charge is 2.16. The summed E-state index contributed by atoms with van der Waals surface area (Å²) in [6.07, 6.45) is 0.491. The fourth-order valence-corrected chi connectivity index (χ4v) is 3.73. The van der Waals surface area contributed by atoms with Gasteiger partial charge in [0.15, 0.2) is 9.84 Å². The fraction of sp³-hybridized carbons (Fsp3) is 0.188.